The molecular weight excluding hydrogens is 324 g/mol. The van der Waals surface area contributed by atoms with Crippen LogP contribution in [-0.2, 0) is 11.2 Å². The summed E-state index contributed by atoms with van der Waals surface area (Å²) in [6.07, 6.45) is 7.50. The first-order valence-corrected chi connectivity index (χ1v) is 10.6. The number of fused-ring (bicyclic) bond motifs is 5. The van der Waals surface area contributed by atoms with Crippen LogP contribution in [0.1, 0.15) is 69.4 Å². The Morgan fingerprint density at radius 3 is 2.85 bits per heavy atom. The molecule has 3 aliphatic carbocycles. The first kappa shape index (κ1) is 18.3. The van der Waals surface area contributed by atoms with Gasteiger partial charge in [0.05, 0.1) is 6.10 Å². The van der Waals surface area contributed by atoms with E-state index in [1.165, 1.54) is 24.0 Å². The van der Waals surface area contributed by atoms with Crippen LogP contribution in [0.5, 0.6) is 5.75 Å². The Labute approximate surface area is 157 Å². The van der Waals surface area contributed by atoms with Crippen molar-refractivity contribution in [3.8, 4) is 5.75 Å². The van der Waals surface area contributed by atoms with E-state index in [4.69, 9.17) is 4.74 Å². The molecule has 0 heterocycles. The maximum Gasteiger partial charge on any atom is 0.115 e. The summed E-state index contributed by atoms with van der Waals surface area (Å²) in [5, 5.41) is 20.7. The van der Waals surface area contributed by atoms with Crippen molar-refractivity contribution in [3.63, 3.8) is 0 Å². The predicted octanol–water partition coefficient (Wildman–Crippen LogP) is 4.65. The highest BCUT2D eigenvalue weighted by Crippen LogP contribution is 2.63. The van der Waals surface area contributed by atoms with Gasteiger partial charge >= 0.3 is 0 Å². The average molecular weight is 359 g/mol. The van der Waals surface area contributed by atoms with Gasteiger partial charge < -0.3 is 14.9 Å². The van der Waals surface area contributed by atoms with Gasteiger partial charge in [0.1, 0.15) is 5.75 Å². The lowest BCUT2D eigenvalue weighted by molar-refractivity contribution is -0.0544. The molecule has 4 rings (SSSR count). The van der Waals surface area contributed by atoms with Gasteiger partial charge in [0.2, 0.25) is 0 Å². The number of hydrogen-bond donors (Lipinski definition) is 2. The third-order valence-electron chi connectivity index (χ3n) is 7.76. The highest BCUT2D eigenvalue weighted by molar-refractivity contribution is 5.40. The molecule has 26 heavy (non-hydrogen) atoms. The Balaban J connectivity index is 1.65. The van der Waals surface area contributed by atoms with E-state index in [1.54, 1.807) is 0 Å². The SMILES string of the molecule is CCCOCC[C@H]1C[C@]2(C)C(O)CC[C@H]2[C@@H]2CCc3cc(O)ccc3[C@@H]12. The van der Waals surface area contributed by atoms with Crippen molar-refractivity contribution in [1.29, 1.82) is 0 Å². The highest BCUT2D eigenvalue weighted by Gasteiger charge is 2.57. The molecule has 2 saturated carbocycles. The van der Waals surface area contributed by atoms with Crippen LogP contribution in [0.15, 0.2) is 18.2 Å². The zero-order valence-corrected chi connectivity index (χ0v) is 16.3. The van der Waals surface area contributed by atoms with E-state index in [-0.39, 0.29) is 11.5 Å². The summed E-state index contributed by atoms with van der Waals surface area (Å²) in [5.74, 6) is 2.82. The van der Waals surface area contributed by atoms with E-state index in [9.17, 15) is 10.2 Å². The van der Waals surface area contributed by atoms with E-state index in [2.05, 4.69) is 19.9 Å². The molecule has 0 bridgehead atoms. The first-order chi connectivity index (χ1) is 12.5. The molecular formula is C23H34O3. The fourth-order valence-electron chi connectivity index (χ4n) is 6.61. The van der Waals surface area contributed by atoms with Crippen molar-refractivity contribution in [3.05, 3.63) is 29.3 Å². The molecule has 3 heteroatoms. The molecule has 0 spiro atoms. The summed E-state index contributed by atoms with van der Waals surface area (Å²) in [4.78, 5) is 0. The molecule has 3 aliphatic rings. The zero-order valence-electron chi connectivity index (χ0n) is 16.3. The molecule has 144 valence electrons. The lowest BCUT2D eigenvalue weighted by atomic mass is 9.51. The second-order valence-corrected chi connectivity index (χ2v) is 9.18. The van der Waals surface area contributed by atoms with Crippen molar-refractivity contribution < 1.29 is 14.9 Å². The number of ether oxygens (including phenoxy) is 1. The molecule has 0 saturated heterocycles. The Kier molecular flexibility index (Phi) is 5.04. The maximum atomic E-state index is 10.8. The summed E-state index contributed by atoms with van der Waals surface area (Å²) >= 11 is 0. The molecule has 1 unspecified atom stereocenters. The number of aliphatic hydroxyl groups is 1. The first-order valence-electron chi connectivity index (χ1n) is 10.6. The Bertz CT molecular complexity index is 642. The zero-order chi connectivity index (χ0) is 18.3. The van der Waals surface area contributed by atoms with Gasteiger partial charge in [-0.3, -0.25) is 0 Å². The van der Waals surface area contributed by atoms with Crippen molar-refractivity contribution >= 4 is 0 Å². The summed E-state index contributed by atoms with van der Waals surface area (Å²) in [6.45, 7) is 6.17. The largest absolute Gasteiger partial charge is 0.508 e. The average Bonchev–Trinajstić information content (AvgIpc) is 2.93. The van der Waals surface area contributed by atoms with Gasteiger partial charge in [0.25, 0.3) is 0 Å². The Morgan fingerprint density at radius 2 is 2.04 bits per heavy atom. The minimum absolute atomic E-state index is 0.0744. The van der Waals surface area contributed by atoms with E-state index in [0.29, 0.717) is 29.4 Å². The lowest BCUT2D eigenvalue weighted by Crippen LogP contribution is -2.48. The van der Waals surface area contributed by atoms with Gasteiger partial charge in [-0.05, 0) is 97.3 Å². The molecule has 1 aromatic carbocycles. The summed E-state index contributed by atoms with van der Waals surface area (Å²) in [6, 6.07) is 6.02. The summed E-state index contributed by atoms with van der Waals surface area (Å²) in [7, 11) is 0. The quantitative estimate of drug-likeness (QED) is 0.753. The molecule has 0 amide bonds. The number of rotatable bonds is 5. The maximum absolute atomic E-state index is 10.8. The molecule has 1 aromatic rings. The Morgan fingerprint density at radius 1 is 1.19 bits per heavy atom. The number of phenols is 1. The van der Waals surface area contributed by atoms with Gasteiger partial charge in [-0.2, -0.15) is 0 Å². The third kappa shape index (κ3) is 2.97. The standard InChI is InChI=1S/C23H34O3/c1-3-11-26-12-10-16-14-23(2)20(8-9-21(23)25)19-6-4-15-13-17(24)5-7-18(15)22(16)19/h5,7,13,16,19-22,24-25H,3-4,6,8-12,14H2,1-2H3/t16-,19-,20-,21?,22+,23-/m0/s1. The number of aliphatic hydroxyl groups excluding tert-OH is 1. The van der Waals surface area contributed by atoms with Crippen LogP contribution < -0.4 is 0 Å². The van der Waals surface area contributed by atoms with Gasteiger partial charge in [0, 0.05) is 13.2 Å². The molecule has 2 fully saturated rings. The molecule has 6 atom stereocenters. The number of benzene rings is 1. The minimum Gasteiger partial charge on any atom is -0.508 e. The van der Waals surface area contributed by atoms with Crippen LogP contribution in [0.3, 0.4) is 0 Å². The van der Waals surface area contributed by atoms with Gasteiger partial charge in [0.15, 0.2) is 0 Å². The van der Waals surface area contributed by atoms with Crippen LogP contribution >= 0.6 is 0 Å². The lowest BCUT2D eigenvalue weighted by Gasteiger charge is -2.54. The van der Waals surface area contributed by atoms with Gasteiger partial charge in [-0.25, -0.2) is 0 Å². The van der Waals surface area contributed by atoms with Crippen molar-refractivity contribution in [2.24, 2.45) is 23.2 Å². The Hall–Kier alpha value is -1.06. The number of hydrogen-bond acceptors (Lipinski definition) is 3. The van der Waals surface area contributed by atoms with Crippen molar-refractivity contribution in [2.45, 2.75) is 70.8 Å². The van der Waals surface area contributed by atoms with Crippen LogP contribution in [0, 0.1) is 23.2 Å². The molecule has 2 N–H and O–H groups in total. The van der Waals surface area contributed by atoms with E-state index in [0.717, 1.165) is 45.3 Å². The smallest absolute Gasteiger partial charge is 0.115 e. The van der Waals surface area contributed by atoms with Crippen LogP contribution in [0.25, 0.3) is 0 Å². The van der Waals surface area contributed by atoms with Gasteiger partial charge in [-0.1, -0.05) is 19.9 Å². The molecule has 0 aromatic heterocycles. The number of aryl methyl sites for hydroxylation is 1. The fraction of sp³-hybridized carbons (Fsp3) is 0.739. The van der Waals surface area contributed by atoms with Crippen LogP contribution in [-0.4, -0.2) is 29.5 Å². The van der Waals surface area contributed by atoms with Crippen LogP contribution in [0.2, 0.25) is 0 Å². The van der Waals surface area contributed by atoms with E-state index < -0.39 is 0 Å². The number of phenolic OH excluding ortho intramolecular Hbond substituents is 1. The molecule has 3 nitrogen and oxygen atoms in total. The highest BCUT2D eigenvalue weighted by atomic mass is 16.5. The molecule has 0 radical (unpaired) electrons. The molecule has 0 aliphatic heterocycles. The normalized spacial score (nSPS) is 38.5. The number of aromatic hydroxyl groups is 1. The minimum atomic E-state index is -0.145. The second kappa shape index (κ2) is 7.16. The topological polar surface area (TPSA) is 49.7 Å². The predicted molar refractivity (Wildman–Crippen MR) is 103 cm³/mol. The second-order valence-electron chi connectivity index (χ2n) is 9.18. The third-order valence-corrected chi connectivity index (χ3v) is 7.76. The monoisotopic (exact) mass is 358 g/mol. The fourth-order valence-corrected chi connectivity index (χ4v) is 6.61. The summed E-state index contributed by atoms with van der Waals surface area (Å²) < 4.78 is 5.84. The van der Waals surface area contributed by atoms with Gasteiger partial charge in [-0.15, -0.1) is 0 Å². The van der Waals surface area contributed by atoms with Crippen LogP contribution in [0.4, 0.5) is 0 Å². The van der Waals surface area contributed by atoms with E-state index >= 15 is 0 Å². The summed E-state index contributed by atoms with van der Waals surface area (Å²) in [5.41, 5.74) is 2.88. The van der Waals surface area contributed by atoms with Crippen molar-refractivity contribution in [1.82, 2.24) is 0 Å². The van der Waals surface area contributed by atoms with E-state index in [1.807, 2.05) is 12.1 Å². The van der Waals surface area contributed by atoms with Crippen molar-refractivity contribution in [2.75, 3.05) is 13.2 Å².